The molecule has 0 amide bonds. The second kappa shape index (κ2) is 2.55. The van der Waals surface area contributed by atoms with Gasteiger partial charge in [0.05, 0.1) is 0 Å². The molecule has 0 saturated carbocycles. The van der Waals surface area contributed by atoms with Gasteiger partial charge in [-0.1, -0.05) is 0 Å². The Kier molecular flexibility index (Phi) is 1.47. The van der Waals surface area contributed by atoms with Crippen molar-refractivity contribution >= 4 is 0 Å². The number of rotatable bonds is 0. The summed E-state index contributed by atoms with van der Waals surface area (Å²) in [5, 5.41) is 3.42. The summed E-state index contributed by atoms with van der Waals surface area (Å²) in [7, 11) is 0. The SMILES string of the molecule is Cc1nc2c(c3c1CNC3)CCC2. The highest BCUT2D eigenvalue weighted by Crippen LogP contribution is 2.30. The molecule has 0 radical (unpaired) electrons. The van der Waals surface area contributed by atoms with E-state index in [-0.39, 0.29) is 0 Å². The van der Waals surface area contributed by atoms with Crippen molar-refractivity contribution in [2.75, 3.05) is 0 Å². The normalized spacial score (nSPS) is 18.8. The van der Waals surface area contributed by atoms with E-state index < -0.39 is 0 Å². The Morgan fingerprint density at radius 3 is 2.85 bits per heavy atom. The molecule has 1 N–H and O–H groups in total. The van der Waals surface area contributed by atoms with Gasteiger partial charge in [0.1, 0.15) is 0 Å². The highest BCUT2D eigenvalue weighted by atomic mass is 14.9. The molecule has 3 rings (SSSR count). The Morgan fingerprint density at radius 2 is 1.92 bits per heavy atom. The zero-order valence-corrected chi connectivity index (χ0v) is 7.98. The second-order valence-corrected chi connectivity index (χ2v) is 4.04. The van der Waals surface area contributed by atoms with E-state index in [0.29, 0.717) is 0 Å². The summed E-state index contributed by atoms with van der Waals surface area (Å²) < 4.78 is 0. The molecule has 0 saturated heterocycles. The van der Waals surface area contributed by atoms with Crippen LogP contribution in [0.1, 0.15) is 34.5 Å². The summed E-state index contributed by atoms with van der Waals surface area (Å²) in [5.74, 6) is 0. The lowest BCUT2D eigenvalue weighted by Crippen LogP contribution is -2.00. The lowest BCUT2D eigenvalue weighted by molar-refractivity contribution is 0.759. The number of aryl methyl sites for hydroxylation is 2. The molecule has 2 aliphatic rings. The van der Waals surface area contributed by atoms with Crippen LogP contribution in [-0.2, 0) is 25.9 Å². The van der Waals surface area contributed by atoms with Crippen molar-refractivity contribution in [3.05, 3.63) is 28.1 Å². The summed E-state index contributed by atoms with van der Waals surface area (Å²) in [5.41, 5.74) is 7.23. The van der Waals surface area contributed by atoms with Crippen LogP contribution in [0.15, 0.2) is 0 Å². The van der Waals surface area contributed by atoms with Gasteiger partial charge in [-0.3, -0.25) is 4.98 Å². The van der Waals surface area contributed by atoms with Crippen molar-refractivity contribution < 1.29 is 0 Å². The number of aromatic nitrogens is 1. The topological polar surface area (TPSA) is 24.9 Å². The molecule has 1 aliphatic heterocycles. The molecule has 0 aromatic carbocycles. The van der Waals surface area contributed by atoms with Gasteiger partial charge in [0, 0.05) is 24.5 Å². The van der Waals surface area contributed by atoms with Gasteiger partial charge >= 0.3 is 0 Å². The molecule has 0 fully saturated rings. The van der Waals surface area contributed by atoms with Gasteiger partial charge in [0.15, 0.2) is 0 Å². The minimum absolute atomic E-state index is 1.03. The zero-order chi connectivity index (χ0) is 8.84. The van der Waals surface area contributed by atoms with Crippen LogP contribution in [0, 0.1) is 6.92 Å². The Hall–Kier alpha value is -0.890. The molecule has 68 valence electrons. The lowest BCUT2D eigenvalue weighted by Gasteiger charge is -2.08. The minimum atomic E-state index is 1.03. The first kappa shape index (κ1) is 7.51. The van der Waals surface area contributed by atoms with Gasteiger partial charge in [-0.15, -0.1) is 0 Å². The summed E-state index contributed by atoms with van der Waals surface area (Å²) >= 11 is 0. The molecular formula is C11H14N2. The quantitative estimate of drug-likeness (QED) is 0.644. The van der Waals surface area contributed by atoms with Crippen LogP contribution < -0.4 is 5.32 Å². The Morgan fingerprint density at radius 1 is 1.08 bits per heavy atom. The smallest absolute Gasteiger partial charge is 0.0442 e. The molecule has 0 unspecified atom stereocenters. The highest BCUT2D eigenvalue weighted by molar-refractivity contribution is 5.44. The molecular weight excluding hydrogens is 160 g/mol. The molecule has 1 aromatic heterocycles. The van der Waals surface area contributed by atoms with Crippen molar-refractivity contribution in [3.63, 3.8) is 0 Å². The summed E-state index contributed by atoms with van der Waals surface area (Å²) in [6.07, 6.45) is 3.76. The molecule has 2 nitrogen and oxygen atoms in total. The van der Waals surface area contributed by atoms with E-state index in [1.54, 1.807) is 11.1 Å². The van der Waals surface area contributed by atoms with Crippen molar-refractivity contribution in [3.8, 4) is 0 Å². The second-order valence-electron chi connectivity index (χ2n) is 4.04. The molecule has 13 heavy (non-hydrogen) atoms. The number of nitrogens with zero attached hydrogens (tertiary/aromatic N) is 1. The van der Waals surface area contributed by atoms with Gasteiger partial charge in [-0.05, 0) is 42.9 Å². The highest BCUT2D eigenvalue weighted by Gasteiger charge is 2.23. The molecule has 0 spiro atoms. The van der Waals surface area contributed by atoms with E-state index in [2.05, 4.69) is 17.2 Å². The van der Waals surface area contributed by atoms with Gasteiger partial charge in [-0.2, -0.15) is 0 Å². The van der Waals surface area contributed by atoms with Crippen LogP contribution in [-0.4, -0.2) is 4.98 Å². The number of nitrogens with one attached hydrogen (secondary N) is 1. The van der Waals surface area contributed by atoms with Crippen LogP contribution in [0.5, 0.6) is 0 Å². The van der Waals surface area contributed by atoms with Gasteiger partial charge in [-0.25, -0.2) is 0 Å². The fourth-order valence-electron chi connectivity index (χ4n) is 2.61. The van der Waals surface area contributed by atoms with Crippen LogP contribution in [0.4, 0.5) is 0 Å². The first-order chi connectivity index (χ1) is 6.36. The van der Waals surface area contributed by atoms with E-state index in [0.717, 1.165) is 13.1 Å². The predicted molar refractivity (Wildman–Crippen MR) is 51.5 cm³/mol. The Balaban J connectivity index is 2.28. The number of hydrogen-bond acceptors (Lipinski definition) is 2. The van der Waals surface area contributed by atoms with Crippen LogP contribution in [0.2, 0.25) is 0 Å². The van der Waals surface area contributed by atoms with Gasteiger partial charge in [0.25, 0.3) is 0 Å². The fraction of sp³-hybridized carbons (Fsp3) is 0.545. The summed E-state index contributed by atoms with van der Waals surface area (Å²) in [4.78, 5) is 4.69. The van der Waals surface area contributed by atoms with Gasteiger partial charge < -0.3 is 5.32 Å². The molecule has 2 heterocycles. The van der Waals surface area contributed by atoms with E-state index in [4.69, 9.17) is 0 Å². The molecule has 0 bridgehead atoms. The monoisotopic (exact) mass is 174 g/mol. The standard InChI is InChI=1S/C11H14N2/c1-7-9-5-12-6-10(9)8-3-2-4-11(8)13-7/h12H,2-6H2,1H3. The lowest BCUT2D eigenvalue weighted by atomic mass is 10.0. The van der Waals surface area contributed by atoms with E-state index in [9.17, 15) is 0 Å². The number of pyridine rings is 1. The minimum Gasteiger partial charge on any atom is -0.309 e. The van der Waals surface area contributed by atoms with Crippen molar-refractivity contribution in [2.24, 2.45) is 0 Å². The summed E-state index contributed by atoms with van der Waals surface area (Å²) in [6, 6.07) is 0. The van der Waals surface area contributed by atoms with E-state index >= 15 is 0 Å². The Bertz CT molecular complexity index is 369. The van der Waals surface area contributed by atoms with Crippen LogP contribution >= 0.6 is 0 Å². The first-order valence-corrected chi connectivity index (χ1v) is 5.07. The molecule has 1 aromatic rings. The maximum atomic E-state index is 4.69. The first-order valence-electron chi connectivity index (χ1n) is 5.07. The largest absolute Gasteiger partial charge is 0.309 e. The van der Waals surface area contributed by atoms with E-state index in [1.807, 2.05) is 0 Å². The molecule has 1 aliphatic carbocycles. The number of hydrogen-bond donors (Lipinski definition) is 1. The third-order valence-corrected chi connectivity index (χ3v) is 3.26. The predicted octanol–water partition coefficient (Wildman–Crippen LogP) is 1.48. The van der Waals surface area contributed by atoms with E-state index in [1.165, 1.54) is 36.2 Å². The van der Waals surface area contributed by atoms with Crippen LogP contribution in [0.25, 0.3) is 0 Å². The maximum Gasteiger partial charge on any atom is 0.0442 e. The van der Waals surface area contributed by atoms with Crippen molar-refractivity contribution in [1.29, 1.82) is 0 Å². The third kappa shape index (κ3) is 0.953. The molecule has 0 atom stereocenters. The van der Waals surface area contributed by atoms with Crippen LogP contribution in [0.3, 0.4) is 0 Å². The average molecular weight is 174 g/mol. The number of fused-ring (bicyclic) bond motifs is 3. The van der Waals surface area contributed by atoms with Crippen molar-refractivity contribution in [1.82, 2.24) is 10.3 Å². The maximum absolute atomic E-state index is 4.69. The third-order valence-electron chi connectivity index (χ3n) is 3.26. The molecule has 2 heteroatoms. The fourth-order valence-corrected chi connectivity index (χ4v) is 2.61. The average Bonchev–Trinajstić information content (AvgIpc) is 2.66. The summed E-state index contributed by atoms with van der Waals surface area (Å²) in [6.45, 7) is 4.24. The Labute approximate surface area is 78.4 Å². The van der Waals surface area contributed by atoms with Crippen molar-refractivity contribution in [2.45, 2.75) is 39.3 Å². The zero-order valence-electron chi connectivity index (χ0n) is 7.98. The van der Waals surface area contributed by atoms with Gasteiger partial charge in [0.2, 0.25) is 0 Å².